The summed E-state index contributed by atoms with van der Waals surface area (Å²) in [6.07, 6.45) is 6.43. The van der Waals surface area contributed by atoms with Crippen LogP contribution in [-0.4, -0.2) is 22.9 Å². The molecule has 2 N–H and O–H groups in total. The Kier molecular flexibility index (Phi) is 3.88. The Labute approximate surface area is 113 Å². The van der Waals surface area contributed by atoms with Crippen molar-refractivity contribution in [3.63, 3.8) is 0 Å². The van der Waals surface area contributed by atoms with Gasteiger partial charge in [-0.3, -0.25) is 14.8 Å². The van der Waals surface area contributed by atoms with E-state index in [4.69, 9.17) is 0 Å². The molecule has 1 amide bonds. The Morgan fingerprint density at radius 1 is 1.17 bits per heavy atom. The maximum Gasteiger partial charge on any atom is 0.257 e. The molecule has 6 heteroatoms. The Balaban J connectivity index is 2.25. The van der Waals surface area contributed by atoms with Crippen LogP contribution < -0.4 is 10.6 Å². The molecule has 2 heterocycles. The molecule has 0 unspecified atom stereocenters. The fourth-order valence-corrected chi connectivity index (χ4v) is 1.81. The first-order chi connectivity index (χ1) is 8.72. The predicted molar refractivity (Wildman–Crippen MR) is 73.7 cm³/mol. The summed E-state index contributed by atoms with van der Waals surface area (Å²) in [4.78, 5) is 20.0. The van der Waals surface area contributed by atoms with Gasteiger partial charge in [0.05, 0.1) is 27.6 Å². The number of hydrogen-bond donors (Lipinski definition) is 2. The van der Waals surface area contributed by atoms with Gasteiger partial charge in [0.25, 0.3) is 5.91 Å². The fraction of sp³-hybridized carbons (Fsp3) is 0.0833. The molecule has 0 spiro atoms. The van der Waals surface area contributed by atoms with Crippen LogP contribution in [0, 0.1) is 0 Å². The van der Waals surface area contributed by atoms with Gasteiger partial charge in [-0.15, -0.1) is 0 Å². The third-order valence-electron chi connectivity index (χ3n) is 2.36. The van der Waals surface area contributed by atoms with Gasteiger partial charge in [-0.2, -0.15) is 0 Å². The molecule has 2 aromatic rings. The molecule has 0 saturated carbocycles. The van der Waals surface area contributed by atoms with Crippen molar-refractivity contribution >= 4 is 33.2 Å². The Hall–Kier alpha value is -1.95. The number of pyridine rings is 2. The summed E-state index contributed by atoms with van der Waals surface area (Å²) in [6.45, 7) is 0. The van der Waals surface area contributed by atoms with Crippen LogP contribution in [0.3, 0.4) is 0 Å². The molecule has 18 heavy (non-hydrogen) atoms. The molecule has 0 fully saturated rings. The Morgan fingerprint density at radius 2 is 1.89 bits per heavy atom. The van der Waals surface area contributed by atoms with Crippen LogP contribution in [0.15, 0.2) is 41.4 Å². The second-order valence-electron chi connectivity index (χ2n) is 3.48. The average molecular weight is 307 g/mol. The summed E-state index contributed by atoms with van der Waals surface area (Å²) < 4.78 is 0.735. The van der Waals surface area contributed by atoms with Crippen LogP contribution in [0.4, 0.5) is 11.4 Å². The normalized spacial score (nSPS) is 9.89. The minimum absolute atomic E-state index is 0.200. The number of amides is 1. The minimum Gasteiger partial charge on any atom is -0.386 e. The predicted octanol–water partition coefficient (Wildman–Crippen LogP) is 2.53. The molecule has 0 atom stereocenters. The highest BCUT2D eigenvalue weighted by molar-refractivity contribution is 9.10. The zero-order valence-corrected chi connectivity index (χ0v) is 11.2. The van der Waals surface area contributed by atoms with Gasteiger partial charge in [-0.1, -0.05) is 0 Å². The standard InChI is InChI=1S/C12H11BrN4O/c1-14-11-7-16-4-2-8(11)12(18)17-10-3-5-15-6-9(10)13/h2-7,14H,1H3,(H,15,17,18). The van der Waals surface area contributed by atoms with E-state index in [0.717, 1.165) is 4.47 Å². The molecule has 0 radical (unpaired) electrons. The van der Waals surface area contributed by atoms with Crippen LogP contribution in [0.5, 0.6) is 0 Å². The SMILES string of the molecule is CNc1cnccc1C(=O)Nc1ccncc1Br. The van der Waals surface area contributed by atoms with Crippen LogP contribution in [0.2, 0.25) is 0 Å². The number of halogens is 1. The van der Waals surface area contributed by atoms with Crippen molar-refractivity contribution in [3.05, 3.63) is 47.0 Å². The van der Waals surface area contributed by atoms with E-state index < -0.39 is 0 Å². The van der Waals surface area contributed by atoms with Crippen molar-refractivity contribution in [2.24, 2.45) is 0 Å². The van der Waals surface area contributed by atoms with Crippen molar-refractivity contribution in [1.29, 1.82) is 0 Å². The molecule has 0 aliphatic rings. The van der Waals surface area contributed by atoms with Crippen LogP contribution in [0.1, 0.15) is 10.4 Å². The highest BCUT2D eigenvalue weighted by Crippen LogP contribution is 2.22. The van der Waals surface area contributed by atoms with Gasteiger partial charge >= 0.3 is 0 Å². The molecule has 0 bridgehead atoms. The molecule has 0 saturated heterocycles. The quantitative estimate of drug-likeness (QED) is 0.914. The van der Waals surface area contributed by atoms with Gasteiger partial charge in [0, 0.05) is 25.6 Å². The van der Waals surface area contributed by atoms with E-state index in [1.54, 1.807) is 44.0 Å². The lowest BCUT2D eigenvalue weighted by Crippen LogP contribution is -2.14. The van der Waals surface area contributed by atoms with E-state index >= 15 is 0 Å². The molecule has 0 aliphatic carbocycles. The smallest absolute Gasteiger partial charge is 0.257 e. The minimum atomic E-state index is -0.200. The van der Waals surface area contributed by atoms with Crippen LogP contribution >= 0.6 is 15.9 Å². The lowest BCUT2D eigenvalue weighted by Gasteiger charge is -2.09. The van der Waals surface area contributed by atoms with E-state index in [9.17, 15) is 4.79 Å². The third-order valence-corrected chi connectivity index (χ3v) is 2.99. The van der Waals surface area contributed by atoms with E-state index in [1.807, 2.05) is 0 Å². The number of hydrogen-bond acceptors (Lipinski definition) is 4. The summed E-state index contributed by atoms with van der Waals surface area (Å²) in [7, 11) is 1.75. The maximum absolute atomic E-state index is 12.1. The van der Waals surface area contributed by atoms with Gasteiger partial charge in [0.1, 0.15) is 0 Å². The zero-order chi connectivity index (χ0) is 13.0. The van der Waals surface area contributed by atoms with Crippen molar-refractivity contribution in [2.45, 2.75) is 0 Å². The van der Waals surface area contributed by atoms with Gasteiger partial charge in [-0.05, 0) is 28.1 Å². The highest BCUT2D eigenvalue weighted by Gasteiger charge is 2.11. The third kappa shape index (κ3) is 2.65. The average Bonchev–Trinajstić information content (AvgIpc) is 2.41. The molecule has 0 aromatic carbocycles. The number of rotatable bonds is 3. The molecular formula is C12H11BrN4O. The van der Waals surface area contributed by atoms with Crippen LogP contribution in [0.25, 0.3) is 0 Å². The van der Waals surface area contributed by atoms with E-state index in [0.29, 0.717) is 16.9 Å². The summed E-state index contributed by atoms with van der Waals surface area (Å²) in [6, 6.07) is 3.39. The first kappa shape index (κ1) is 12.5. The molecule has 0 aliphatic heterocycles. The van der Waals surface area contributed by atoms with E-state index in [2.05, 4.69) is 36.5 Å². The number of nitrogens with one attached hydrogen (secondary N) is 2. The zero-order valence-electron chi connectivity index (χ0n) is 9.64. The van der Waals surface area contributed by atoms with Crippen LogP contribution in [-0.2, 0) is 0 Å². The number of aromatic nitrogens is 2. The lowest BCUT2D eigenvalue weighted by molar-refractivity contribution is 0.102. The van der Waals surface area contributed by atoms with E-state index in [1.165, 1.54) is 0 Å². The van der Waals surface area contributed by atoms with Gasteiger partial charge in [0.15, 0.2) is 0 Å². The summed E-state index contributed by atoms with van der Waals surface area (Å²) in [5, 5.41) is 5.74. The second kappa shape index (κ2) is 5.59. The molecule has 2 rings (SSSR count). The lowest BCUT2D eigenvalue weighted by atomic mass is 10.2. The number of anilines is 2. The summed E-state index contributed by atoms with van der Waals surface area (Å²) >= 11 is 3.33. The first-order valence-electron chi connectivity index (χ1n) is 5.25. The number of carbonyl (C=O) groups is 1. The van der Waals surface area contributed by atoms with Crippen molar-refractivity contribution in [3.8, 4) is 0 Å². The number of nitrogens with zero attached hydrogens (tertiary/aromatic N) is 2. The summed E-state index contributed by atoms with van der Waals surface area (Å²) in [5.74, 6) is -0.200. The topological polar surface area (TPSA) is 66.9 Å². The Bertz CT molecular complexity index is 574. The Morgan fingerprint density at radius 3 is 2.61 bits per heavy atom. The van der Waals surface area contributed by atoms with Gasteiger partial charge in [-0.25, -0.2) is 0 Å². The highest BCUT2D eigenvalue weighted by atomic mass is 79.9. The van der Waals surface area contributed by atoms with E-state index in [-0.39, 0.29) is 5.91 Å². The van der Waals surface area contributed by atoms with Crippen molar-refractivity contribution < 1.29 is 4.79 Å². The second-order valence-corrected chi connectivity index (χ2v) is 4.34. The van der Waals surface area contributed by atoms with Crippen molar-refractivity contribution in [2.75, 3.05) is 17.7 Å². The largest absolute Gasteiger partial charge is 0.386 e. The molecule has 92 valence electrons. The van der Waals surface area contributed by atoms with Crippen molar-refractivity contribution in [1.82, 2.24) is 9.97 Å². The monoisotopic (exact) mass is 306 g/mol. The van der Waals surface area contributed by atoms with Gasteiger partial charge < -0.3 is 10.6 Å². The first-order valence-corrected chi connectivity index (χ1v) is 6.04. The summed E-state index contributed by atoms with van der Waals surface area (Å²) in [5.41, 5.74) is 1.89. The number of carbonyl (C=O) groups excluding carboxylic acids is 1. The fourth-order valence-electron chi connectivity index (χ4n) is 1.46. The molecule has 2 aromatic heterocycles. The maximum atomic E-state index is 12.1. The molecular weight excluding hydrogens is 296 g/mol. The van der Waals surface area contributed by atoms with Gasteiger partial charge in [0.2, 0.25) is 0 Å². The molecule has 5 nitrogen and oxygen atoms in total.